The summed E-state index contributed by atoms with van der Waals surface area (Å²) >= 11 is 1.91. The van der Waals surface area contributed by atoms with E-state index in [2.05, 4.69) is 44.8 Å². The van der Waals surface area contributed by atoms with E-state index >= 15 is 0 Å². The van der Waals surface area contributed by atoms with E-state index in [9.17, 15) is 4.79 Å². The van der Waals surface area contributed by atoms with Gasteiger partial charge in [-0.3, -0.25) is 9.79 Å². The molecular weight excluding hydrogens is 336 g/mol. The second kappa shape index (κ2) is 11.0. The van der Waals surface area contributed by atoms with Crippen LogP contribution in [0.4, 0.5) is 0 Å². The van der Waals surface area contributed by atoms with Crippen LogP contribution in [0.25, 0.3) is 0 Å². The monoisotopic (exact) mass is 364 g/mol. The number of nitrogens with one attached hydrogen (secondary N) is 2. The maximum atomic E-state index is 11.8. The number of benzene rings is 1. The van der Waals surface area contributed by atoms with E-state index in [0.717, 1.165) is 31.2 Å². The highest BCUT2D eigenvalue weighted by molar-refractivity contribution is 7.99. The van der Waals surface area contributed by atoms with Crippen LogP contribution in [0.3, 0.4) is 0 Å². The third-order valence-electron chi connectivity index (χ3n) is 4.06. The lowest BCUT2D eigenvalue weighted by atomic mass is 10.2. The largest absolute Gasteiger partial charge is 0.383 e. The lowest BCUT2D eigenvalue weighted by molar-refractivity contribution is -0.120. The predicted molar refractivity (Wildman–Crippen MR) is 103 cm³/mol. The van der Waals surface area contributed by atoms with E-state index in [0.29, 0.717) is 19.1 Å². The summed E-state index contributed by atoms with van der Waals surface area (Å²) in [6, 6.07) is 10.5. The van der Waals surface area contributed by atoms with E-state index in [1.54, 1.807) is 14.2 Å². The number of carbonyl (C=O) groups excluding carboxylic acids is 1. The molecule has 2 rings (SSSR count). The standard InChI is InChI=1S/C18H28N4O2S/c1-19-18(21-12-17(23)20-9-11-24-2)22-10-8-15(13-22)14-25-16-6-4-3-5-7-16/h3-7,15H,8-14H2,1-2H3,(H,19,21)(H,20,23). The van der Waals surface area contributed by atoms with E-state index < -0.39 is 0 Å². The van der Waals surface area contributed by atoms with Gasteiger partial charge in [0.25, 0.3) is 0 Å². The normalized spacial score (nSPS) is 17.6. The van der Waals surface area contributed by atoms with Crippen LogP contribution in [0.15, 0.2) is 40.2 Å². The fourth-order valence-electron chi connectivity index (χ4n) is 2.74. The van der Waals surface area contributed by atoms with Gasteiger partial charge in [-0.15, -0.1) is 11.8 Å². The third-order valence-corrected chi connectivity index (χ3v) is 5.31. The molecule has 0 aromatic heterocycles. The molecule has 1 atom stereocenters. The number of rotatable bonds is 8. The molecule has 0 radical (unpaired) electrons. The Morgan fingerprint density at radius 1 is 1.36 bits per heavy atom. The highest BCUT2D eigenvalue weighted by Crippen LogP contribution is 2.25. The molecule has 0 aliphatic carbocycles. The molecule has 1 aromatic rings. The number of nitrogens with zero attached hydrogens (tertiary/aromatic N) is 2. The number of hydrogen-bond acceptors (Lipinski definition) is 4. The summed E-state index contributed by atoms with van der Waals surface area (Å²) in [6.07, 6.45) is 1.15. The van der Waals surface area contributed by atoms with E-state index in [1.165, 1.54) is 4.90 Å². The first-order valence-corrected chi connectivity index (χ1v) is 9.60. The molecular formula is C18H28N4O2S. The van der Waals surface area contributed by atoms with Crippen LogP contribution in [0.5, 0.6) is 0 Å². The molecule has 1 amide bonds. The molecule has 138 valence electrons. The van der Waals surface area contributed by atoms with Gasteiger partial charge in [-0.1, -0.05) is 18.2 Å². The Bertz CT molecular complexity index is 553. The number of methoxy groups -OCH3 is 1. The Morgan fingerprint density at radius 2 is 2.16 bits per heavy atom. The fourth-order valence-corrected chi connectivity index (χ4v) is 3.79. The predicted octanol–water partition coefficient (Wildman–Crippen LogP) is 1.44. The van der Waals surface area contributed by atoms with Crippen LogP contribution in [0, 0.1) is 5.92 Å². The van der Waals surface area contributed by atoms with Gasteiger partial charge in [0.2, 0.25) is 5.91 Å². The number of likely N-dealkylation sites (tertiary alicyclic amines) is 1. The van der Waals surface area contributed by atoms with Crippen molar-refractivity contribution in [3.63, 3.8) is 0 Å². The third kappa shape index (κ3) is 6.96. The summed E-state index contributed by atoms with van der Waals surface area (Å²) in [5.41, 5.74) is 0. The lowest BCUT2D eigenvalue weighted by Crippen LogP contribution is -2.45. The molecule has 1 unspecified atom stereocenters. The van der Waals surface area contributed by atoms with Crippen LogP contribution >= 0.6 is 11.8 Å². The Labute approximate surface area is 154 Å². The lowest BCUT2D eigenvalue weighted by Gasteiger charge is -2.21. The minimum atomic E-state index is -0.0476. The number of thioether (sulfide) groups is 1. The summed E-state index contributed by atoms with van der Waals surface area (Å²) in [7, 11) is 3.38. The van der Waals surface area contributed by atoms with Gasteiger partial charge in [-0.25, -0.2) is 0 Å². The topological polar surface area (TPSA) is 66.0 Å². The van der Waals surface area contributed by atoms with Gasteiger partial charge < -0.3 is 20.3 Å². The van der Waals surface area contributed by atoms with Crippen molar-refractivity contribution >= 4 is 23.6 Å². The zero-order valence-corrected chi connectivity index (χ0v) is 15.8. The number of hydrogen-bond donors (Lipinski definition) is 2. The van der Waals surface area contributed by atoms with Crippen molar-refractivity contribution in [2.75, 3.05) is 52.7 Å². The molecule has 2 N–H and O–H groups in total. The van der Waals surface area contributed by atoms with Crippen LogP contribution in [0.1, 0.15) is 6.42 Å². The van der Waals surface area contributed by atoms with Crippen molar-refractivity contribution in [3.8, 4) is 0 Å². The van der Waals surface area contributed by atoms with Crippen molar-refractivity contribution < 1.29 is 9.53 Å². The summed E-state index contributed by atoms with van der Waals surface area (Å²) < 4.78 is 4.92. The van der Waals surface area contributed by atoms with E-state index in [4.69, 9.17) is 4.74 Å². The summed E-state index contributed by atoms with van der Waals surface area (Å²) in [4.78, 5) is 19.6. The van der Waals surface area contributed by atoms with Crippen LogP contribution < -0.4 is 10.6 Å². The molecule has 0 spiro atoms. The second-order valence-corrected chi connectivity index (χ2v) is 7.06. The van der Waals surface area contributed by atoms with Crippen molar-refractivity contribution in [2.24, 2.45) is 10.9 Å². The SMILES string of the molecule is CN=C(NCC(=O)NCCOC)N1CCC(CSc2ccccc2)C1. The number of guanidine groups is 1. The zero-order chi connectivity index (χ0) is 17.9. The molecule has 1 saturated heterocycles. The number of aliphatic imine (C=N–C) groups is 1. The Hall–Kier alpha value is -1.73. The average molecular weight is 365 g/mol. The van der Waals surface area contributed by atoms with Gasteiger partial charge in [0.05, 0.1) is 13.2 Å². The highest BCUT2D eigenvalue weighted by atomic mass is 32.2. The Balaban J connectivity index is 1.70. The van der Waals surface area contributed by atoms with Crippen molar-refractivity contribution in [1.82, 2.24) is 15.5 Å². The number of ether oxygens (including phenoxy) is 1. The molecule has 1 heterocycles. The maximum absolute atomic E-state index is 11.8. The molecule has 0 bridgehead atoms. The minimum absolute atomic E-state index is 0.0476. The summed E-state index contributed by atoms with van der Waals surface area (Å²) in [5.74, 6) is 2.50. The molecule has 1 fully saturated rings. The molecule has 1 aliphatic rings. The summed E-state index contributed by atoms with van der Waals surface area (Å²) in [5, 5.41) is 5.95. The number of amides is 1. The van der Waals surface area contributed by atoms with E-state index in [1.807, 2.05) is 17.8 Å². The Kier molecular flexibility index (Phi) is 8.62. The van der Waals surface area contributed by atoms with Crippen molar-refractivity contribution in [2.45, 2.75) is 11.3 Å². The number of carbonyl (C=O) groups is 1. The molecule has 6 nitrogen and oxygen atoms in total. The van der Waals surface area contributed by atoms with Crippen LogP contribution in [0.2, 0.25) is 0 Å². The second-order valence-electron chi connectivity index (χ2n) is 5.97. The van der Waals surface area contributed by atoms with Crippen molar-refractivity contribution in [1.29, 1.82) is 0 Å². The van der Waals surface area contributed by atoms with Gasteiger partial charge in [-0.05, 0) is 24.5 Å². The summed E-state index contributed by atoms with van der Waals surface area (Å²) in [6.45, 7) is 3.23. The molecule has 7 heteroatoms. The quantitative estimate of drug-likeness (QED) is 0.316. The average Bonchev–Trinajstić information content (AvgIpc) is 3.10. The van der Waals surface area contributed by atoms with Gasteiger partial charge >= 0.3 is 0 Å². The first kappa shape index (κ1) is 19.6. The van der Waals surface area contributed by atoms with Gasteiger partial charge in [0, 0.05) is 44.4 Å². The zero-order valence-electron chi connectivity index (χ0n) is 15.0. The van der Waals surface area contributed by atoms with Gasteiger partial charge in [-0.2, -0.15) is 0 Å². The molecule has 25 heavy (non-hydrogen) atoms. The first-order chi connectivity index (χ1) is 12.2. The Morgan fingerprint density at radius 3 is 2.88 bits per heavy atom. The van der Waals surface area contributed by atoms with Crippen molar-refractivity contribution in [3.05, 3.63) is 30.3 Å². The first-order valence-electron chi connectivity index (χ1n) is 8.62. The fraction of sp³-hybridized carbons (Fsp3) is 0.556. The van der Waals surface area contributed by atoms with Gasteiger partial charge in [0.15, 0.2) is 5.96 Å². The maximum Gasteiger partial charge on any atom is 0.239 e. The van der Waals surface area contributed by atoms with E-state index in [-0.39, 0.29) is 12.5 Å². The smallest absolute Gasteiger partial charge is 0.239 e. The van der Waals surface area contributed by atoms with Gasteiger partial charge in [0.1, 0.15) is 0 Å². The van der Waals surface area contributed by atoms with Crippen LogP contribution in [-0.2, 0) is 9.53 Å². The van der Waals surface area contributed by atoms with Crippen LogP contribution in [-0.4, -0.2) is 69.5 Å². The molecule has 1 aliphatic heterocycles. The molecule has 1 aromatic carbocycles. The minimum Gasteiger partial charge on any atom is -0.383 e. The molecule has 0 saturated carbocycles. The highest BCUT2D eigenvalue weighted by Gasteiger charge is 2.25.